The Hall–Kier alpha value is -0.970. The van der Waals surface area contributed by atoms with Crippen molar-refractivity contribution >= 4 is 0 Å². The highest BCUT2D eigenvalue weighted by molar-refractivity contribution is 5.09. The molecule has 0 saturated carbocycles. The summed E-state index contributed by atoms with van der Waals surface area (Å²) in [6.07, 6.45) is 3.75. The Bertz CT molecular complexity index is 354. The molecule has 0 amide bonds. The van der Waals surface area contributed by atoms with E-state index in [4.69, 9.17) is 0 Å². The van der Waals surface area contributed by atoms with Crippen LogP contribution in [-0.4, -0.2) is 60.6 Å². The molecular weight excluding hydrogens is 224 g/mol. The highest BCUT2D eigenvalue weighted by Crippen LogP contribution is 2.15. The zero-order valence-corrected chi connectivity index (χ0v) is 11.6. The van der Waals surface area contributed by atoms with Crippen LogP contribution in [0.5, 0.6) is 0 Å². The van der Waals surface area contributed by atoms with Gasteiger partial charge >= 0.3 is 0 Å². The minimum atomic E-state index is 0.598. The normalized spacial score (nSPS) is 26.4. The van der Waals surface area contributed by atoms with Gasteiger partial charge in [0.2, 0.25) is 0 Å². The molecule has 18 heavy (non-hydrogen) atoms. The van der Waals surface area contributed by atoms with Crippen molar-refractivity contribution in [1.82, 2.24) is 20.1 Å². The first-order valence-corrected chi connectivity index (χ1v) is 6.68. The van der Waals surface area contributed by atoms with E-state index in [1.807, 2.05) is 19.4 Å². The lowest BCUT2D eigenvalue weighted by atomic mass is 10.1. The third-order valence-electron chi connectivity index (χ3n) is 3.86. The standard InChI is InChI=1S/C14H24N4/c1-12-9-18(10-13-4-6-16-7-5-13)11-14(8-15-2)17(12)3/h4-7,12,14-15H,8-11H2,1-3H3. The molecule has 1 N–H and O–H groups in total. The van der Waals surface area contributed by atoms with Crippen LogP contribution in [0.2, 0.25) is 0 Å². The van der Waals surface area contributed by atoms with Gasteiger partial charge in [0.25, 0.3) is 0 Å². The van der Waals surface area contributed by atoms with Crippen molar-refractivity contribution < 1.29 is 0 Å². The second-order valence-electron chi connectivity index (χ2n) is 5.28. The second-order valence-corrected chi connectivity index (χ2v) is 5.28. The molecule has 1 aromatic heterocycles. The first-order chi connectivity index (χ1) is 8.70. The van der Waals surface area contributed by atoms with Crippen molar-refractivity contribution in [3.05, 3.63) is 30.1 Å². The van der Waals surface area contributed by atoms with E-state index in [1.165, 1.54) is 5.56 Å². The summed E-state index contributed by atoms with van der Waals surface area (Å²) < 4.78 is 0. The molecule has 2 unspecified atom stereocenters. The van der Waals surface area contributed by atoms with Crippen LogP contribution >= 0.6 is 0 Å². The third kappa shape index (κ3) is 3.28. The average molecular weight is 248 g/mol. The molecule has 0 aromatic carbocycles. The molecule has 2 heterocycles. The van der Waals surface area contributed by atoms with Crippen molar-refractivity contribution in [3.63, 3.8) is 0 Å². The van der Waals surface area contributed by atoms with E-state index in [1.54, 1.807) is 0 Å². The number of aromatic nitrogens is 1. The van der Waals surface area contributed by atoms with Crippen LogP contribution in [0, 0.1) is 0 Å². The van der Waals surface area contributed by atoms with Crippen LogP contribution in [0.1, 0.15) is 12.5 Å². The largest absolute Gasteiger partial charge is 0.318 e. The number of hydrogen-bond donors (Lipinski definition) is 1. The van der Waals surface area contributed by atoms with Gasteiger partial charge in [-0.15, -0.1) is 0 Å². The Kier molecular flexibility index (Phi) is 4.69. The molecule has 4 nitrogen and oxygen atoms in total. The van der Waals surface area contributed by atoms with Gasteiger partial charge < -0.3 is 5.32 Å². The summed E-state index contributed by atoms with van der Waals surface area (Å²) in [7, 11) is 4.26. The van der Waals surface area contributed by atoms with Gasteiger partial charge in [0, 0.05) is 50.7 Å². The summed E-state index contributed by atoms with van der Waals surface area (Å²) in [6, 6.07) is 5.42. The predicted octanol–water partition coefficient (Wildman–Crippen LogP) is 0.805. The van der Waals surface area contributed by atoms with Gasteiger partial charge in [0.1, 0.15) is 0 Å². The maximum atomic E-state index is 4.07. The monoisotopic (exact) mass is 248 g/mol. The molecule has 2 atom stereocenters. The van der Waals surface area contributed by atoms with Crippen LogP contribution in [0.4, 0.5) is 0 Å². The highest BCUT2D eigenvalue weighted by Gasteiger charge is 2.28. The molecule has 1 aromatic rings. The quantitative estimate of drug-likeness (QED) is 0.854. The van der Waals surface area contributed by atoms with Crippen LogP contribution in [0.25, 0.3) is 0 Å². The Labute approximate surface area is 110 Å². The number of nitrogens with zero attached hydrogens (tertiary/aromatic N) is 3. The van der Waals surface area contributed by atoms with Crippen molar-refractivity contribution in [2.45, 2.75) is 25.6 Å². The van der Waals surface area contributed by atoms with Crippen molar-refractivity contribution in [2.24, 2.45) is 0 Å². The summed E-state index contributed by atoms with van der Waals surface area (Å²) >= 11 is 0. The summed E-state index contributed by atoms with van der Waals surface area (Å²) in [4.78, 5) is 9.10. The maximum Gasteiger partial charge on any atom is 0.0348 e. The van der Waals surface area contributed by atoms with Crippen LogP contribution in [0.3, 0.4) is 0 Å². The molecule has 1 saturated heterocycles. The van der Waals surface area contributed by atoms with Crippen molar-refractivity contribution in [2.75, 3.05) is 33.7 Å². The van der Waals surface area contributed by atoms with Gasteiger partial charge in [-0.05, 0) is 38.7 Å². The molecule has 0 spiro atoms. The maximum absolute atomic E-state index is 4.07. The lowest BCUT2D eigenvalue weighted by molar-refractivity contribution is 0.0480. The number of pyridine rings is 1. The molecule has 4 heteroatoms. The van der Waals surface area contributed by atoms with Gasteiger partial charge in [-0.25, -0.2) is 0 Å². The Morgan fingerprint density at radius 2 is 2.06 bits per heavy atom. The highest BCUT2D eigenvalue weighted by atomic mass is 15.3. The van der Waals surface area contributed by atoms with E-state index in [2.05, 4.69) is 46.2 Å². The number of nitrogens with one attached hydrogen (secondary N) is 1. The van der Waals surface area contributed by atoms with Gasteiger partial charge in [0.15, 0.2) is 0 Å². The lowest BCUT2D eigenvalue weighted by Crippen LogP contribution is -2.58. The summed E-state index contributed by atoms with van der Waals surface area (Å²) in [5.74, 6) is 0. The Morgan fingerprint density at radius 3 is 2.72 bits per heavy atom. The molecule has 2 rings (SSSR count). The second kappa shape index (κ2) is 6.27. The number of likely N-dealkylation sites (N-methyl/N-ethyl adjacent to an activating group) is 2. The van der Waals surface area contributed by atoms with Gasteiger partial charge in [-0.2, -0.15) is 0 Å². The van der Waals surface area contributed by atoms with Crippen LogP contribution in [-0.2, 0) is 6.54 Å². The van der Waals surface area contributed by atoms with E-state index in [-0.39, 0.29) is 0 Å². The summed E-state index contributed by atoms with van der Waals surface area (Å²) in [6.45, 7) is 6.65. The smallest absolute Gasteiger partial charge is 0.0348 e. The molecule has 1 aliphatic rings. The fourth-order valence-corrected chi connectivity index (χ4v) is 2.68. The number of hydrogen-bond acceptors (Lipinski definition) is 4. The number of rotatable bonds is 4. The molecule has 0 radical (unpaired) electrons. The molecule has 1 fully saturated rings. The summed E-state index contributed by atoms with van der Waals surface area (Å²) in [5.41, 5.74) is 1.35. The minimum Gasteiger partial charge on any atom is -0.318 e. The topological polar surface area (TPSA) is 31.4 Å². The average Bonchev–Trinajstić information content (AvgIpc) is 2.37. The molecular formula is C14H24N4. The Morgan fingerprint density at radius 1 is 1.33 bits per heavy atom. The molecule has 0 aliphatic carbocycles. The Balaban J connectivity index is 1.97. The fourth-order valence-electron chi connectivity index (χ4n) is 2.68. The first kappa shape index (κ1) is 13.5. The summed E-state index contributed by atoms with van der Waals surface area (Å²) in [5, 5.41) is 3.29. The molecule has 1 aliphatic heterocycles. The lowest BCUT2D eigenvalue weighted by Gasteiger charge is -2.44. The first-order valence-electron chi connectivity index (χ1n) is 6.68. The third-order valence-corrected chi connectivity index (χ3v) is 3.86. The minimum absolute atomic E-state index is 0.598. The van der Waals surface area contributed by atoms with Crippen molar-refractivity contribution in [3.8, 4) is 0 Å². The van der Waals surface area contributed by atoms with Crippen molar-refractivity contribution in [1.29, 1.82) is 0 Å². The van der Waals surface area contributed by atoms with Gasteiger partial charge in [-0.3, -0.25) is 14.8 Å². The fraction of sp³-hybridized carbons (Fsp3) is 0.643. The van der Waals surface area contributed by atoms with E-state index in [9.17, 15) is 0 Å². The predicted molar refractivity (Wildman–Crippen MR) is 74.5 cm³/mol. The van der Waals surface area contributed by atoms with E-state index < -0.39 is 0 Å². The number of piperazine rings is 1. The zero-order chi connectivity index (χ0) is 13.0. The van der Waals surface area contributed by atoms with E-state index >= 15 is 0 Å². The molecule has 0 bridgehead atoms. The van der Waals surface area contributed by atoms with E-state index in [0.29, 0.717) is 12.1 Å². The molecule has 100 valence electrons. The van der Waals surface area contributed by atoms with Gasteiger partial charge in [0.05, 0.1) is 0 Å². The van der Waals surface area contributed by atoms with Crippen LogP contribution < -0.4 is 5.32 Å². The van der Waals surface area contributed by atoms with Gasteiger partial charge in [-0.1, -0.05) is 0 Å². The zero-order valence-electron chi connectivity index (χ0n) is 11.6. The van der Waals surface area contributed by atoms with Crippen LogP contribution in [0.15, 0.2) is 24.5 Å². The van der Waals surface area contributed by atoms with E-state index in [0.717, 1.165) is 26.2 Å². The SMILES string of the molecule is CNCC1CN(Cc2ccncc2)CC(C)N1C.